The number of hydrogen-bond acceptors (Lipinski definition) is 0. The van der Waals surface area contributed by atoms with Gasteiger partial charge in [-0.3, -0.25) is 0 Å². The molecule has 11 heavy (non-hydrogen) atoms. The molecule has 0 fully saturated rings. The standard InChI is InChI=1S/C9H17ClGe/c1-6-7(2)9(4)11(5,10)8(6)3/h8-9H,1-5H3. The van der Waals surface area contributed by atoms with Gasteiger partial charge in [0.1, 0.15) is 0 Å². The van der Waals surface area contributed by atoms with Crippen LogP contribution in [-0.2, 0) is 0 Å². The fraction of sp³-hybridized carbons (Fsp3) is 0.778. The van der Waals surface area contributed by atoms with E-state index in [-0.39, 0.29) is 0 Å². The van der Waals surface area contributed by atoms with E-state index in [0.717, 1.165) is 0 Å². The van der Waals surface area contributed by atoms with Gasteiger partial charge < -0.3 is 0 Å². The van der Waals surface area contributed by atoms with Crippen molar-refractivity contribution >= 4 is 22.3 Å². The number of halogens is 1. The summed E-state index contributed by atoms with van der Waals surface area (Å²) in [6, 6.07) is 0. The van der Waals surface area contributed by atoms with E-state index in [4.69, 9.17) is 10.0 Å². The molecule has 0 radical (unpaired) electrons. The van der Waals surface area contributed by atoms with Crippen LogP contribution < -0.4 is 0 Å². The molecule has 0 saturated heterocycles. The topological polar surface area (TPSA) is 0 Å². The van der Waals surface area contributed by atoms with E-state index in [2.05, 4.69) is 33.5 Å². The summed E-state index contributed by atoms with van der Waals surface area (Å²) in [6.45, 7) is 9.09. The summed E-state index contributed by atoms with van der Waals surface area (Å²) in [6.07, 6.45) is 0. The van der Waals surface area contributed by atoms with Crippen LogP contribution in [0.25, 0.3) is 0 Å². The Balaban J connectivity index is 3.02. The van der Waals surface area contributed by atoms with Gasteiger partial charge >= 0.3 is 76.4 Å². The summed E-state index contributed by atoms with van der Waals surface area (Å²) in [5.41, 5.74) is 3.13. The first kappa shape index (κ1) is 9.66. The third-order valence-electron chi connectivity index (χ3n) is 3.61. The Morgan fingerprint density at radius 1 is 1.09 bits per heavy atom. The van der Waals surface area contributed by atoms with Crippen molar-refractivity contribution in [3.05, 3.63) is 11.1 Å². The van der Waals surface area contributed by atoms with Gasteiger partial charge in [0.15, 0.2) is 0 Å². The molecule has 0 saturated carbocycles. The summed E-state index contributed by atoms with van der Waals surface area (Å²) in [5.74, 6) is 2.33. The normalized spacial score (nSPS) is 45.3. The maximum atomic E-state index is 6.60. The van der Waals surface area contributed by atoms with Crippen LogP contribution in [0, 0.1) is 0 Å². The summed E-state index contributed by atoms with van der Waals surface area (Å²) in [5, 5.41) is 0. The van der Waals surface area contributed by atoms with Gasteiger partial charge in [-0.15, -0.1) is 0 Å². The van der Waals surface area contributed by atoms with Gasteiger partial charge in [0.05, 0.1) is 0 Å². The molecule has 0 N–H and O–H groups in total. The first-order valence-electron chi connectivity index (χ1n) is 4.25. The Kier molecular flexibility index (Phi) is 2.47. The average molecular weight is 233 g/mol. The zero-order valence-electron chi connectivity index (χ0n) is 8.03. The Bertz CT molecular complexity index is 186. The number of allylic oxidation sites excluding steroid dienone is 2. The van der Waals surface area contributed by atoms with Crippen LogP contribution >= 0.6 is 10.0 Å². The van der Waals surface area contributed by atoms with Crippen molar-refractivity contribution in [1.82, 2.24) is 0 Å². The van der Waals surface area contributed by atoms with Crippen molar-refractivity contribution in [3.8, 4) is 0 Å². The molecule has 1 rings (SSSR count). The first-order valence-corrected chi connectivity index (χ1v) is 11.5. The van der Waals surface area contributed by atoms with Gasteiger partial charge in [-0.05, 0) is 0 Å². The number of rotatable bonds is 0. The molecule has 1 heterocycles. The van der Waals surface area contributed by atoms with Gasteiger partial charge in [-0.1, -0.05) is 0 Å². The van der Waals surface area contributed by atoms with E-state index in [0.29, 0.717) is 9.50 Å². The van der Waals surface area contributed by atoms with Crippen LogP contribution in [0.15, 0.2) is 11.1 Å². The predicted molar refractivity (Wildman–Crippen MR) is 54.7 cm³/mol. The second-order valence-electron chi connectivity index (χ2n) is 3.96. The Hall–Kier alpha value is 0.573. The van der Waals surface area contributed by atoms with Crippen molar-refractivity contribution in [1.29, 1.82) is 0 Å². The number of hydrogen-bond donors (Lipinski definition) is 0. The van der Waals surface area contributed by atoms with Gasteiger partial charge in [0.25, 0.3) is 0 Å². The summed E-state index contributed by atoms with van der Waals surface area (Å²) >= 11 is -1.97. The van der Waals surface area contributed by atoms with Crippen molar-refractivity contribution in [2.45, 2.75) is 43.0 Å². The minimum atomic E-state index is -1.97. The molecule has 1 aliphatic rings. The van der Waals surface area contributed by atoms with Gasteiger partial charge in [-0.2, -0.15) is 0 Å². The van der Waals surface area contributed by atoms with E-state index in [1.54, 1.807) is 11.1 Å². The van der Waals surface area contributed by atoms with E-state index >= 15 is 0 Å². The molecular formula is C9H17ClGe. The third-order valence-corrected chi connectivity index (χ3v) is 15.9. The van der Waals surface area contributed by atoms with Crippen LogP contribution in [0.4, 0.5) is 0 Å². The molecule has 0 aromatic rings. The molecule has 0 spiro atoms. The van der Waals surface area contributed by atoms with Crippen molar-refractivity contribution in [2.75, 3.05) is 0 Å². The second kappa shape index (κ2) is 2.81. The molecule has 0 nitrogen and oxygen atoms in total. The van der Waals surface area contributed by atoms with Crippen LogP contribution in [0.5, 0.6) is 0 Å². The first-order chi connectivity index (χ1) is 4.89. The zero-order valence-corrected chi connectivity index (χ0v) is 10.9. The predicted octanol–water partition coefficient (Wildman–Crippen LogP) is 3.93. The summed E-state index contributed by atoms with van der Waals surface area (Å²) in [4.78, 5) is 0. The fourth-order valence-electron chi connectivity index (χ4n) is 1.90. The molecule has 0 aliphatic carbocycles. The molecular weight excluding hydrogens is 216 g/mol. The molecule has 0 amide bonds. The zero-order chi connectivity index (χ0) is 8.81. The fourth-order valence-corrected chi connectivity index (χ4v) is 9.69. The van der Waals surface area contributed by atoms with E-state index in [1.165, 1.54) is 0 Å². The van der Waals surface area contributed by atoms with Gasteiger partial charge in [0.2, 0.25) is 0 Å². The monoisotopic (exact) mass is 234 g/mol. The molecule has 2 unspecified atom stereocenters. The van der Waals surface area contributed by atoms with Crippen molar-refractivity contribution < 1.29 is 0 Å². The molecule has 1 aliphatic heterocycles. The van der Waals surface area contributed by atoms with Gasteiger partial charge in [0, 0.05) is 0 Å². The molecule has 64 valence electrons. The molecule has 2 atom stereocenters. The van der Waals surface area contributed by atoms with Crippen LogP contribution in [-0.4, -0.2) is 12.3 Å². The van der Waals surface area contributed by atoms with Crippen LogP contribution in [0.3, 0.4) is 0 Å². The second-order valence-corrected chi connectivity index (χ2v) is 16.7. The average Bonchev–Trinajstić information content (AvgIpc) is 2.06. The maximum absolute atomic E-state index is 6.60. The quantitative estimate of drug-likeness (QED) is 0.439. The molecule has 0 aromatic carbocycles. The molecule has 0 aromatic heterocycles. The Labute approximate surface area is 76.6 Å². The Morgan fingerprint density at radius 3 is 1.45 bits per heavy atom. The van der Waals surface area contributed by atoms with Crippen molar-refractivity contribution in [2.24, 2.45) is 0 Å². The third kappa shape index (κ3) is 1.29. The molecule has 0 bridgehead atoms. The summed E-state index contributed by atoms with van der Waals surface area (Å²) in [7, 11) is 6.60. The summed E-state index contributed by atoms with van der Waals surface area (Å²) < 4.78 is 1.43. The van der Waals surface area contributed by atoms with Crippen LogP contribution in [0.1, 0.15) is 27.7 Å². The molecule has 2 heteroatoms. The minimum absolute atomic E-state index is 0.715. The van der Waals surface area contributed by atoms with Crippen LogP contribution in [0.2, 0.25) is 15.3 Å². The van der Waals surface area contributed by atoms with Crippen molar-refractivity contribution in [3.63, 3.8) is 0 Å². The van der Waals surface area contributed by atoms with E-state index in [9.17, 15) is 0 Å². The SMILES string of the molecule is CC1=C(C)[CH](C)[Ge]([CH3])([Cl])[CH]1C. The van der Waals surface area contributed by atoms with E-state index < -0.39 is 12.3 Å². The van der Waals surface area contributed by atoms with E-state index in [1.807, 2.05) is 0 Å². The Morgan fingerprint density at radius 2 is 1.36 bits per heavy atom. The van der Waals surface area contributed by atoms with Gasteiger partial charge in [-0.25, -0.2) is 0 Å².